The van der Waals surface area contributed by atoms with Gasteiger partial charge in [-0.2, -0.15) is 0 Å². The monoisotopic (exact) mass is 507 g/mol. The first-order chi connectivity index (χ1) is 17.4. The molecule has 8 nitrogen and oxygen atoms in total. The van der Waals surface area contributed by atoms with E-state index < -0.39 is 5.92 Å². The van der Waals surface area contributed by atoms with E-state index in [9.17, 15) is 14.4 Å². The van der Waals surface area contributed by atoms with Gasteiger partial charge >= 0.3 is 0 Å². The molecule has 0 bridgehead atoms. The van der Waals surface area contributed by atoms with Crippen LogP contribution in [0, 0.1) is 5.92 Å². The minimum absolute atomic E-state index is 0.116. The van der Waals surface area contributed by atoms with Crippen molar-refractivity contribution in [3.63, 3.8) is 0 Å². The van der Waals surface area contributed by atoms with Crippen molar-refractivity contribution < 1.29 is 23.9 Å². The van der Waals surface area contributed by atoms with E-state index in [0.717, 1.165) is 5.56 Å². The average molecular weight is 508 g/mol. The third-order valence-corrected chi connectivity index (χ3v) is 6.02. The quantitative estimate of drug-likeness (QED) is 0.455. The molecule has 0 aromatic heterocycles. The lowest BCUT2D eigenvalue weighted by Crippen LogP contribution is -2.32. The zero-order valence-corrected chi connectivity index (χ0v) is 20.5. The van der Waals surface area contributed by atoms with Crippen molar-refractivity contribution in [3.05, 3.63) is 83.4 Å². The Morgan fingerprint density at radius 3 is 2.31 bits per heavy atom. The van der Waals surface area contributed by atoms with Gasteiger partial charge in [0.2, 0.25) is 11.8 Å². The summed E-state index contributed by atoms with van der Waals surface area (Å²) >= 11 is 5.89. The number of rotatable bonds is 9. The van der Waals surface area contributed by atoms with Gasteiger partial charge in [0.25, 0.3) is 5.91 Å². The average Bonchev–Trinajstić information content (AvgIpc) is 3.29. The Bertz CT molecular complexity index is 1210. The summed E-state index contributed by atoms with van der Waals surface area (Å²) in [6.45, 7) is 0.512. The zero-order chi connectivity index (χ0) is 25.5. The van der Waals surface area contributed by atoms with Crippen LogP contribution in [0.1, 0.15) is 12.0 Å². The lowest BCUT2D eigenvalue weighted by Gasteiger charge is -2.17. The second kappa shape index (κ2) is 11.6. The fourth-order valence-electron chi connectivity index (χ4n) is 3.81. The van der Waals surface area contributed by atoms with E-state index in [1.54, 1.807) is 72.7 Å². The molecule has 1 fully saturated rings. The number of amides is 3. The fraction of sp³-hybridized carbons (Fsp3) is 0.222. The van der Waals surface area contributed by atoms with Gasteiger partial charge in [0.15, 0.2) is 6.61 Å². The van der Waals surface area contributed by atoms with Crippen LogP contribution in [0.25, 0.3) is 0 Å². The van der Waals surface area contributed by atoms with E-state index in [1.807, 2.05) is 12.1 Å². The Hall–Kier alpha value is -4.04. The second-order valence-corrected chi connectivity index (χ2v) is 8.75. The maximum absolute atomic E-state index is 12.6. The van der Waals surface area contributed by atoms with Gasteiger partial charge in [-0.25, -0.2) is 0 Å². The highest BCUT2D eigenvalue weighted by molar-refractivity contribution is 6.30. The molecule has 0 spiro atoms. The Morgan fingerprint density at radius 1 is 0.972 bits per heavy atom. The highest BCUT2D eigenvalue weighted by Gasteiger charge is 2.35. The predicted molar refractivity (Wildman–Crippen MR) is 137 cm³/mol. The summed E-state index contributed by atoms with van der Waals surface area (Å²) in [6.07, 6.45) is 0.149. The van der Waals surface area contributed by atoms with Gasteiger partial charge in [0.05, 0.1) is 13.0 Å². The van der Waals surface area contributed by atoms with Gasteiger partial charge in [0, 0.05) is 35.9 Å². The van der Waals surface area contributed by atoms with E-state index in [2.05, 4.69) is 10.6 Å². The van der Waals surface area contributed by atoms with Crippen LogP contribution in [-0.2, 0) is 20.9 Å². The molecule has 0 unspecified atom stereocenters. The van der Waals surface area contributed by atoms with Crippen LogP contribution in [0.2, 0.25) is 5.02 Å². The number of hydrogen-bond donors (Lipinski definition) is 2. The Labute approximate surface area is 214 Å². The van der Waals surface area contributed by atoms with Gasteiger partial charge in [-0.1, -0.05) is 23.7 Å². The summed E-state index contributed by atoms with van der Waals surface area (Å²) in [5.74, 6) is 0.185. The minimum atomic E-state index is -0.428. The standard InChI is InChI=1S/C27H26ClN3O5/c1-35-23-10-6-21(7-11-23)30-25(32)17-36-24-12-8-22(9-13-24)31-16-19(14-26(31)33)27(34)29-15-18-2-4-20(28)5-3-18/h2-13,19H,14-17H2,1H3,(H,29,34)(H,30,32)/t19-/m0/s1. The van der Waals surface area contributed by atoms with Crippen molar-refractivity contribution >= 4 is 40.7 Å². The van der Waals surface area contributed by atoms with Gasteiger partial charge in [-0.15, -0.1) is 0 Å². The number of halogens is 1. The largest absolute Gasteiger partial charge is 0.497 e. The molecule has 9 heteroatoms. The van der Waals surface area contributed by atoms with E-state index in [0.29, 0.717) is 41.0 Å². The first kappa shape index (κ1) is 25.1. The van der Waals surface area contributed by atoms with Crippen LogP contribution in [0.5, 0.6) is 11.5 Å². The van der Waals surface area contributed by atoms with Crippen molar-refractivity contribution in [1.29, 1.82) is 0 Å². The number of carbonyl (C=O) groups is 3. The first-order valence-electron chi connectivity index (χ1n) is 11.4. The Kier molecular flexibility index (Phi) is 8.07. The highest BCUT2D eigenvalue weighted by atomic mass is 35.5. The molecular weight excluding hydrogens is 482 g/mol. The Balaban J connectivity index is 1.25. The normalized spacial score (nSPS) is 14.9. The van der Waals surface area contributed by atoms with Crippen LogP contribution in [0.3, 0.4) is 0 Å². The number of methoxy groups -OCH3 is 1. The van der Waals surface area contributed by atoms with Crippen molar-refractivity contribution in [3.8, 4) is 11.5 Å². The summed E-state index contributed by atoms with van der Waals surface area (Å²) in [7, 11) is 1.58. The molecule has 36 heavy (non-hydrogen) atoms. The molecule has 0 aliphatic carbocycles. The molecule has 4 rings (SSSR count). The molecule has 1 atom stereocenters. The van der Waals surface area contributed by atoms with Crippen LogP contribution < -0.4 is 25.0 Å². The van der Waals surface area contributed by atoms with Gasteiger partial charge in [-0.3, -0.25) is 14.4 Å². The number of ether oxygens (including phenoxy) is 2. The summed E-state index contributed by atoms with van der Waals surface area (Å²) in [5.41, 5.74) is 2.24. The molecule has 1 saturated heterocycles. The molecule has 3 aromatic rings. The van der Waals surface area contributed by atoms with Crippen molar-refractivity contribution in [2.75, 3.05) is 30.5 Å². The van der Waals surface area contributed by atoms with E-state index in [1.165, 1.54) is 0 Å². The van der Waals surface area contributed by atoms with Crippen LogP contribution in [0.15, 0.2) is 72.8 Å². The molecule has 3 aromatic carbocycles. The molecular formula is C27H26ClN3O5. The number of benzene rings is 3. The van der Waals surface area contributed by atoms with E-state index in [-0.39, 0.29) is 30.7 Å². The third-order valence-electron chi connectivity index (χ3n) is 5.77. The van der Waals surface area contributed by atoms with Gasteiger partial charge < -0.3 is 25.0 Å². The number of carbonyl (C=O) groups excluding carboxylic acids is 3. The first-order valence-corrected chi connectivity index (χ1v) is 11.8. The summed E-state index contributed by atoms with van der Waals surface area (Å²) in [4.78, 5) is 38.9. The lowest BCUT2D eigenvalue weighted by molar-refractivity contribution is -0.126. The fourth-order valence-corrected chi connectivity index (χ4v) is 3.94. The molecule has 0 radical (unpaired) electrons. The number of nitrogens with zero attached hydrogens (tertiary/aromatic N) is 1. The summed E-state index contributed by atoms with van der Waals surface area (Å²) < 4.78 is 10.7. The van der Waals surface area contributed by atoms with Gasteiger partial charge in [0.1, 0.15) is 11.5 Å². The molecule has 1 aliphatic rings. The number of nitrogens with one attached hydrogen (secondary N) is 2. The molecule has 1 heterocycles. The summed E-state index contributed by atoms with van der Waals surface area (Å²) in [5, 5.41) is 6.27. The van der Waals surface area contributed by atoms with Crippen LogP contribution in [-0.4, -0.2) is 38.0 Å². The molecule has 2 N–H and O–H groups in total. The smallest absolute Gasteiger partial charge is 0.262 e. The topological polar surface area (TPSA) is 97.0 Å². The van der Waals surface area contributed by atoms with Crippen molar-refractivity contribution in [1.82, 2.24) is 5.32 Å². The van der Waals surface area contributed by atoms with E-state index in [4.69, 9.17) is 21.1 Å². The van der Waals surface area contributed by atoms with Crippen LogP contribution >= 0.6 is 11.6 Å². The predicted octanol–water partition coefficient (Wildman–Crippen LogP) is 4.04. The maximum Gasteiger partial charge on any atom is 0.262 e. The number of anilines is 2. The molecule has 0 saturated carbocycles. The lowest BCUT2D eigenvalue weighted by atomic mass is 10.1. The van der Waals surface area contributed by atoms with Crippen LogP contribution in [0.4, 0.5) is 11.4 Å². The van der Waals surface area contributed by atoms with Crippen molar-refractivity contribution in [2.45, 2.75) is 13.0 Å². The second-order valence-electron chi connectivity index (χ2n) is 8.31. The third kappa shape index (κ3) is 6.55. The molecule has 1 aliphatic heterocycles. The van der Waals surface area contributed by atoms with Crippen molar-refractivity contribution in [2.24, 2.45) is 5.92 Å². The Morgan fingerprint density at radius 2 is 1.64 bits per heavy atom. The minimum Gasteiger partial charge on any atom is -0.497 e. The highest BCUT2D eigenvalue weighted by Crippen LogP contribution is 2.27. The maximum atomic E-state index is 12.6. The zero-order valence-electron chi connectivity index (χ0n) is 19.7. The molecule has 186 valence electrons. The summed E-state index contributed by atoms with van der Waals surface area (Å²) in [6, 6.07) is 21.1. The van der Waals surface area contributed by atoms with Gasteiger partial charge in [-0.05, 0) is 66.2 Å². The number of hydrogen-bond acceptors (Lipinski definition) is 5. The molecule has 3 amide bonds. The van der Waals surface area contributed by atoms with E-state index >= 15 is 0 Å². The SMILES string of the molecule is COc1ccc(NC(=O)COc2ccc(N3C[C@@H](C(=O)NCc4ccc(Cl)cc4)CC3=O)cc2)cc1.